The van der Waals surface area contributed by atoms with Crippen LogP contribution in [0.1, 0.15) is 50.8 Å². The molecule has 0 aromatic heterocycles. The fourth-order valence-electron chi connectivity index (χ4n) is 1.90. The number of rotatable bonds is 4. The average Bonchev–Trinajstić information content (AvgIpc) is 2.25. The smallest absolute Gasteiger partial charge is 0.306 e. The van der Waals surface area contributed by atoms with E-state index in [0.29, 0.717) is 6.42 Å². The monoisotopic (exact) mass is 248 g/mol. The summed E-state index contributed by atoms with van der Waals surface area (Å²) < 4.78 is 0. The molecule has 0 aliphatic carbocycles. The molecular formula is C16H24O2. The minimum Gasteiger partial charge on any atom is -0.481 e. The van der Waals surface area contributed by atoms with Gasteiger partial charge in [-0.3, -0.25) is 4.79 Å². The summed E-state index contributed by atoms with van der Waals surface area (Å²) in [5.41, 5.74) is 3.98. The maximum Gasteiger partial charge on any atom is 0.306 e. The van der Waals surface area contributed by atoms with Crippen LogP contribution >= 0.6 is 0 Å². The molecule has 2 heteroatoms. The van der Waals surface area contributed by atoms with E-state index in [1.54, 1.807) is 6.92 Å². The second kappa shape index (κ2) is 5.55. The van der Waals surface area contributed by atoms with Crippen LogP contribution in [0, 0.1) is 12.8 Å². The zero-order valence-electron chi connectivity index (χ0n) is 12.1. The Morgan fingerprint density at radius 3 is 2.44 bits per heavy atom. The molecular weight excluding hydrogens is 224 g/mol. The fourth-order valence-corrected chi connectivity index (χ4v) is 1.90. The standard InChI is InChI=1S/C16H24O2/c1-11-7-9-14(16(3,4)5)10-13(11)8-6-12(2)15(17)18/h7,9-10,12H,6,8H2,1-5H3,(H,17,18). The topological polar surface area (TPSA) is 37.3 Å². The molecule has 100 valence electrons. The third kappa shape index (κ3) is 3.86. The van der Waals surface area contributed by atoms with E-state index < -0.39 is 5.97 Å². The molecule has 1 atom stereocenters. The summed E-state index contributed by atoms with van der Waals surface area (Å²) in [6.07, 6.45) is 1.53. The molecule has 2 nitrogen and oxygen atoms in total. The number of hydrogen-bond acceptors (Lipinski definition) is 1. The lowest BCUT2D eigenvalue weighted by molar-refractivity contribution is -0.141. The van der Waals surface area contributed by atoms with Crippen LogP contribution in [-0.4, -0.2) is 11.1 Å². The molecule has 0 saturated carbocycles. The Bertz CT molecular complexity index is 427. The highest BCUT2D eigenvalue weighted by molar-refractivity contribution is 5.69. The van der Waals surface area contributed by atoms with Gasteiger partial charge in [0.05, 0.1) is 5.92 Å². The predicted octanol–water partition coefficient (Wildman–Crippen LogP) is 3.95. The Morgan fingerprint density at radius 2 is 1.94 bits per heavy atom. The highest BCUT2D eigenvalue weighted by Gasteiger charge is 2.16. The molecule has 0 bridgehead atoms. The second-order valence-corrected chi connectivity index (χ2v) is 6.17. The summed E-state index contributed by atoms with van der Waals surface area (Å²) in [4.78, 5) is 10.8. The first-order valence-corrected chi connectivity index (χ1v) is 6.54. The van der Waals surface area contributed by atoms with Crippen LogP contribution in [-0.2, 0) is 16.6 Å². The molecule has 0 aliphatic heterocycles. The normalized spacial score (nSPS) is 13.4. The van der Waals surface area contributed by atoms with E-state index >= 15 is 0 Å². The van der Waals surface area contributed by atoms with Gasteiger partial charge in [0.2, 0.25) is 0 Å². The predicted molar refractivity (Wildman–Crippen MR) is 75.0 cm³/mol. The summed E-state index contributed by atoms with van der Waals surface area (Å²) in [5, 5.41) is 8.91. The van der Waals surface area contributed by atoms with Crippen molar-refractivity contribution in [2.24, 2.45) is 5.92 Å². The first kappa shape index (κ1) is 14.7. The SMILES string of the molecule is Cc1ccc(C(C)(C)C)cc1CCC(C)C(=O)O. The minimum absolute atomic E-state index is 0.140. The summed E-state index contributed by atoms with van der Waals surface area (Å²) >= 11 is 0. The van der Waals surface area contributed by atoms with Gasteiger partial charge in [0.25, 0.3) is 0 Å². The maximum atomic E-state index is 10.8. The van der Waals surface area contributed by atoms with Crippen LogP contribution < -0.4 is 0 Å². The van der Waals surface area contributed by atoms with Crippen LogP contribution in [0.5, 0.6) is 0 Å². The molecule has 0 fully saturated rings. The van der Waals surface area contributed by atoms with Gasteiger partial charge < -0.3 is 5.11 Å². The number of aryl methyl sites for hydroxylation is 2. The Morgan fingerprint density at radius 1 is 1.33 bits per heavy atom. The van der Waals surface area contributed by atoms with Gasteiger partial charge >= 0.3 is 5.97 Å². The van der Waals surface area contributed by atoms with E-state index in [0.717, 1.165) is 6.42 Å². The Balaban J connectivity index is 2.85. The van der Waals surface area contributed by atoms with Gasteiger partial charge in [-0.2, -0.15) is 0 Å². The molecule has 0 aliphatic rings. The van der Waals surface area contributed by atoms with Crippen molar-refractivity contribution in [1.29, 1.82) is 0 Å². The summed E-state index contributed by atoms with van der Waals surface area (Å²) in [6, 6.07) is 6.53. The molecule has 1 N–H and O–H groups in total. The zero-order valence-corrected chi connectivity index (χ0v) is 12.1. The van der Waals surface area contributed by atoms with Gasteiger partial charge in [-0.05, 0) is 41.9 Å². The third-order valence-electron chi connectivity index (χ3n) is 3.48. The van der Waals surface area contributed by atoms with Crippen molar-refractivity contribution in [1.82, 2.24) is 0 Å². The van der Waals surface area contributed by atoms with Crippen LogP contribution in [0.25, 0.3) is 0 Å². The first-order chi connectivity index (χ1) is 8.21. The van der Waals surface area contributed by atoms with Gasteiger partial charge in [-0.15, -0.1) is 0 Å². The van der Waals surface area contributed by atoms with Gasteiger partial charge in [-0.1, -0.05) is 45.9 Å². The largest absolute Gasteiger partial charge is 0.481 e. The minimum atomic E-state index is -0.709. The van der Waals surface area contributed by atoms with Crippen LogP contribution in [0.3, 0.4) is 0 Å². The van der Waals surface area contributed by atoms with Crippen molar-refractivity contribution < 1.29 is 9.90 Å². The Kier molecular flexibility index (Phi) is 4.55. The van der Waals surface area contributed by atoms with Crippen LogP contribution in [0.15, 0.2) is 18.2 Å². The highest BCUT2D eigenvalue weighted by atomic mass is 16.4. The van der Waals surface area contributed by atoms with Crippen molar-refractivity contribution in [3.8, 4) is 0 Å². The summed E-state index contributed by atoms with van der Waals surface area (Å²) in [6.45, 7) is 10.4. The molecule has 1 aromatic carbocycles. The lowest BCUT2D eigenvalue weighted by Gasteiger charge is -2.21. The fraction of sp³-hybridized carbons (Fsp3) is 0.562. The molecule has 0 amide bonds. The van der Waals surface area contributed by atoms with Crippen molar-refractivity contribution in [3.05, 3.63) is 34.9 Å². The van der Waals surface area contributed by atoms with E-state index in [1.165, 1.54) is 16.7 Å². The number of aliphatic carboxylic acids is 1. The molecule has 1 aromatic rings. The van der Waals surface area contributed by atoms with E-state index in [2.05, 4.69) is 45.9 Å². The van der Waals surface area contributed by atoms with E-state index in [4.69, 9.17) is 5.11 Å². The van der Waals surface area contributed by atoms with E-state index in [9.17, 15) is 4.79 Å². The number of hydrogen-bond donors (Lipinski definition) is 1. The molecule has 1 rings (SSSR count). The summed E-state index contributed by atoms with van der Waals surface area (Å²) in [5.74, 6) is -0.984. The molecule has 1 unspecified atom stereocenters. The zero-order chi connectivity index (χ0) is 13.9. The highest BCUT2D eigenvalue weighted by Crippen LogP contribution is 2.25. The Hall–Kier alpha value is -1.31. The van der Waals surface area contributed by atoms with Crippen molar-refractivity contribution in [2.75, 3.05) is 0 Å². The van der Waals surface area contributed by atoms with Gasteiger partial charge in [0, 0.05) is 0 Å². The number of carbonyl (C=O) groups is 1. The molecule has 0 heterocycles. The van der Waals surface area contributed by atoms with E-state index in [-0.39, 0.29) is 11.3 Å². The van der Waals surface area contributed by atoms with Crippen molar-refractivity contribution in [2.45, 2.75) is 52.9 Å². The summed E-state index contributed by atoms with van der Waals surface area (Å²) in [7, 11) is 0. The third-order valence-corrected chi connectivity index (χ3v) is 3.48. The quantitative estimate of drug-likeness (QED) is 0.876. The van der Waals surface area contributed by atoms with Crippen molar-refractivity contribution >= 4 is 5.97 Å². The van der Waals surface area contributed by atoms with Crippen LogP contribution in [0.2, 0.25) is 0 Å². The number of benzene rings is 1. The lowest BCUT2D eigenvalue weighted by atomic mass is 9.84. The van der Waals surface area contributed by atoms with Crippen molar-refractivity contribution in [3.63, 3.8) is 0 Å². The maximum absolute atomic E-state index is 10.8. The first-order valence-electron chi connectivity index (χ1n) is 6.54. The second-order valence-electron chi connectivity index (χ2n) is 6.17. The molecule has 0 radical (unpaired) electrons. The molecule has 0 spiro atoms. The van der Waals surface area contributed by atoms with Gasteiger partial charge in [-0.25, -0.2) is 0 Å². The number of carboxylic acid groups (broad SMARTS) is 1. The van der Waals surface area contributed by atoms with Gasteiger partial charge in [0.15, 0.2) is 0 Å². The Labute approximate surface area is 110 Å². The van der Waals surface area contributed by atoms with Gasteiger partial charge in [0.1, 0.15) is 0 Å². The lowest BCUT2D eigenvalue weighted by Crippen LogP contribution is -2.13. The van der Waals surface area contributed by atoms with E-state index in [1.807, 2.05) is 0 Å². The molecule has 0 saturated heterocycles. The van der Waals surface area contributed by atoms with Crippen LogP contribution in [0.4, 0.5) is 0 Å². The molecule has 18 heavy (non-hydrogen) atoms. The average molecular weight is 248 g/mol. The number of carboxylic acids is 1.